The van der Waals surface area contributed by atoms with Crippen LogP contribution < -0.4 is 0 Å². The van der Waals surface area contributed by atoms with Gasteiger partial charge >= 0.3 is 0 Å². The molecule has 1 rings (SSSR count). The Morgan fingerprint density at radius 1 is 1.46 bits per heavy atom. The van der Waals surface area contributed by atoms with Gasteiger partial charge in [0.2, 0.25) is 0 Å². The number of aromatic nitrogens is 2. The van der Waals surface area contributed by atoms with E-state index in [1.54, 1.807) is 34.9 Å². The minimum Gasteiger partial charge on any atom is -0.131 e. The number of terminal acetylenes is 1. The molecule has 0 aromatic carbocycles. The Morgan fingerprint density at radius 3 is 2.85 bits per heavy atom. The summed E-state index contributed by atoms with van der Waals surface area (Å²) in [6.45, 7) is 0. The molecule has 5 heteroatoms. The van der Waals surface area contributed by atoms with Crippen LogP contribution in [0.2, 0.25) is 0 Å². The molecule has 0 saturated carbocycles. The number of rotatable bonds is 5. The number of nitrogens with zero attached hydrogens (tertiary/aromatic N) is 2. The average molecular weight is 230 g/mol. The third kappa shape index (κ3) is 4.03. The summed E-state index contributed by atoms with van der Waals surface area (Å²) in [6.07, 6.45) is 9.05. The topological polar surface area (TPSA) is 25.8 Å². The van der Waals surface area contributed by atoms with E-state index in [0.717, 1.165) is 27.3 Å². The first kappa shape index (κ1) is 10.9. The van der Waals surface area contributed by atoms with Crippen LogP contribution in [0.5, 0.6) is 0 Å². The monoisotopic (exact) mass is 230 g/mol. The molecule has 0 atom stereocenters. The molecule has 0 bridgehead atoms. The van der Waals surface area contributed by atoms with Crippen molar-refractivity contribution >= 4 is 34.9 Å². The maximum atomic E-state index is 5.15. The van der Waals surface area contributed by atoms with Crippen molar-refractivity contribution in [2.75, 3.05) is 12.0 Å². The molecule has 0 saturated heterocycles. The van der Waals surface area contributed by atoms with Crippen molar-refractivity contribution in [1.29, 1.82) is 0 Å². The summed E-state index contributed by atoms with van der Waals surface area (Å²) in [7, 11) is 0. The Hall–Kier alpha value is -0.180. The van der Waals surface area contributed by atoms with E-state index in [4.69, 9.17) is 6.42 Å². The molecule has 1 aromatic heterocycles. The van der Waals surface area contributed by atoms with Crippen LogP contribution in [-0.2, 0) is 0 Å². The molecular formula is C8H10N2S3. The third-order valence-electron chi connectivity index (χ3n) is 1.25. The maximum absolute atomic E-state index is 5.15. The standard InChI is InChI=1S/C8H10N2S3/c1-3-4-5-6-12-8-10-9-7(11-2)13-8/h1H,4-6H2,2H3. The zero-order valence-corrected chi connectivity index (χ0v) is 9.77. The second-order valence-electron chi connectivity index (χ2n) is 2.19. The summed E-state index contributed by atoms with van der Waals surface area (Å²) in [5.74, 6) is 3.66. The third-order valence-corrected chi connectivity index (χ3v) is 4.37. The van der Waals surface area contributed by atoms with E-state index in [9.17, 15) is 0 Å². The van der Waals surface area contributed by atoms with Crippen molar-refractivity contribution in [3.63, 3.8) is 0 Å². The highest BCUT2D eigenvalue weighted by atomic mass is 32.2. The van der Waals surface area contributed by atoms with Gasteiger partial charge in [0, 0.05) is 12.2 Å². The second kappa shape index (κ2) is 6.30. The van der Waals surface area contributed by atoms with Gasteiger partial charge in [-0.05, 0) is 12.7 Å². The van der Waals surface area contributed by atoms with Gasteiger partial charge in [0.25, 0.3) is 0 Å². The predicted molar refractivity (Wildman–Crippen MR) is 60.5 cm³/mol. The van der Waals surface area contributed by atoms with Crippen LogP contribution >= 0.6 is 34.9 Å². The summed E-state index contributed by atoms with van der Waals surface area (Å²) < 4.78 is 2.07. The van der Waals surface area contributed by atoms with Gasteiger partial charge in [0.15, 0.2) is 8.68 Å². The lowest BCUT2D eigenvalue weighted by molar-refractivity contribution is 0.949. The fourth-order valence-corrected chi connectivity index (χ4v) is 3.12. The van der Waals surface area contributed by atoms with E-state index in [1.807, 2.05) is 6.26 Å². The van der Waals surface area contributed by atoms with Crippen molar-refractivity contribution in [2.45, 2.75) is 21.5 Å². The number of hydrogen-bond donors (Lipinski definition) is 0. The lowest BCUT2D eigenvalue weighted by Crippen LogP contribution is -1.78. The summed E-state index contributed by atoms with van der Waals surface area (Å²) in [5.41, 5.74) is 0. The minimum atomic E-state index is 0.848. The molecule has 0 aliphatic heterocycles. The smallest absolute Gasteiger partial charge is 0.131 e. The number of unbranched alkanes of at least 4 members (excludes halogenated alkanes) is 1. The Bertz CT molecular complexity index is 290. The van der Waals surface area contributed by atoms with Crippen LogP contribution in [0.15, 0.2) is 8.68 Å². The van der Waals surface area contributed by atoms with E-state index < -0.39 is 0 Å². The highest BCUT2D eigenvalue weighted by Crippen LogP contribution is 2.27. The molecule has 0 fully saturated rings. The normalized spacial score (nSPS) is 9.85. The Morgan fingerprint density at radius 2 is 2.23 bits per heavy atom. The number of thioether (sulfide) groups is 2. The largest absolute Gasteiger partial charge is 0.175 e. The van der Waals surface area contributed by atoms with Gasteiger partial charge in [-0.3, -0.25) is 0 Å². The van der Waals surface area contributed by atoms with E-state index >= 15 is 0 Å². The molecular weight excluding hydrogens is 220 g/mol. The predicted octanol–water partition coefficient (Wildman–Crippen LogP) is 2.77. The molecule has 13 heavy (non-hydrogen) atoms. The lowest BCUT2D eigenvalue weighted by Gasteiger charge is -1.91. The van der Waals surface area contributed by atoms with Gasteiger partial charge in [0.1, 0.15) is 0 Å². The quantitative estimate of drug-likeness (QED) is 0.441. The van der Waals surface area contributed by atoms with Crippen molar-refractivity contribution in [2.24, 2.45) is 0 Å². The highest BCUT2D eigenvalue weighted by Gasteiger charge is 2.02. The van der Waals surface area contributed by atoms with Crippen molar-refractivity contribution in [3.8, 4) is 12.3 Å². The SMILES string of the molecule is C#CCCCSc1nnc(SC)s1. The first-order valence-electron chi connectivity index (χ1n) is 3.80. The van der Waals surface area contributed by atoms with Gasteiger partial charge in [-0.15, -0.1) is 22.5 Å². The maximum Gasteiger partial charge on any atom is 0.175 e. The summed E-state index contributed by atoms with van der Waals surface area (Å²) in [6, 6.07) is 0. The molecule has 1 aromatic rings. The van der Waals surface area contributed by atoms with E-state index in [-0.39, 0.29) is 0 Å². The average Bonchev–Trinajstić information content (AvgIpc) is 2.60. The highest BCUT2D eigenvalue weighted by molar-refractivity contribution is 8.02. The zero-order valence-electron chi connectivity index (χ0n) is 7.32. The van der Waals surface area contributed by atoms with Crippen LogP contribution in [0.1, 0.15) is 12.8 Å². The van der Waals surface area contributed by atoms with Crippen molar-refractivity contribution in [3.05, 3.63) is 0 Å². The second-order valence-corrected chi connectivity index (χ2v) is 5.57. The molecule has 0 aliphatic carbocycles. The summed E-state index contributed by atoms with van der Waals surface area (Å²) >= 11 is 5.01. The molecule has 2 nitrogen and oxygen atoms in total. The molecule has 1 heterocycles. The molecule has 0 radical (unpaired) electrons. The number of hydrogen-bond acceptors (Lipinski definition) is 5. The molecule has 0 unspecified atom stereocenters. The van der Waals surface area contributed by atoms with E-state index in [1.165, 1.54) is 0 Å². The van der Waals surface area contributed by atoms with Crippen molar-refractivity contribution < 1.29 is 0 Å². The Labute approximate surface area is 90.9 Å². The first-order valence-corrected chi connectivity index (χ1v) is 6.83. The van der Waals surface area contributed by atoms with Gasteiger partial charge in [-0.2, -0.15) is 0 Å². The molecule has 0 N–H and O–H groups in total. The fraction of sp³-hybridized carbons (Fsp3) is 0.500. The fourth-order valence-electron chi connectivity index (χ4n) is 0.672. The van der Waals surface area contributed by atoms with Gasteiger partial charge < -0.3 is 0 Å². The van der Waals surface area contributed by atoms with Crippen LogP contribution in [0.3, 0.4) is 0 Å². The Balaban J connectivity index is 2.25. The molecule has 0 spiro atoms. The van der Waals surface area contributed by atoms with Gasteiger partial charge in [-0.25, -0.2) is 0 Å². The zero-order chi connectivity index (χ0) is 9.52. The minimum absolute atomic E-state index is 0.848. The summed E-state index contributed by atoms with van der Waals surface area (Å²) in [4.78, 5) is 0. The van der Waals surface area contributed by atoms with Gasteiger partial charge in [-0.1, -0.05) is 34.9 Å². The molecule has 70 valence electrons. The van der Waals surface area contributed by atoms with E-state index in [2.05, 4.69) is 16.1 Å². The van der Waals surface area contributed by atoms with Crippen molar-refractivity contribution in [1.82, 2.24) is 10.2 Å². The first-order chi connectivity index (χ1) is 6.36. The van der Waals surface area contributed by atoms with Crippen LogP contribution in [0.4, 0.5) is 0 Å². The molecule has 0 aliphatic rings. The van der Waals surface area contributed by atoms with Crippen LogP contribution in [0.25, 0.3) is 0 Å². The summed E-state index contributed by atoms with van der Waals surface area (Å²) in [5, 5.41) is 8.05. The van der Waals surface area contributed by atoms with Crippen LogP contribution in [-0.4, -0.2) is 22.2 Å². The van der Waals surface area contributed by atoms with Gasteiger partial charge in [0.05, 0.1) is 0 Å². The Kier molecular flexibility index (Phi) is 5.28. The van der Waals surface area contributed by atoms with E-state index in [0.29, 0.717) is 0 Å². The lowest BCUT2D eigenvalue weighted by atomic mass is 10.4. The molecule has 0 amide bonds. The van der Waals surface area contributed by atoms with Crippen LogP contribution in [0, 0.1) is 12.3 Å².